The lowest BCUT2D eigenvalue weighted by atomic mass is 10.3. The monoisotopic (exact) mass is 273 g/mol. The van der Waals surface area contributed by atoms with Crippen LogP contribution in [0.3, 0.4) is 0 Å². The largest absolute Gasteiger partial charge is 0.311 e. The molecule has 0 radical (unpaired) electrons. The highest BCUT2D eigenvalue weighted by Gasteiger charge is 2.30. The number of halogens is 2. The third kappa shape index (κ3) is 1.79. The molecule has 0 spiro atoms. The summed E-state index contributed by atoms with van der Waals surface area (Å²) < 4.78 is 0. The fourth-order valence-corrected chi connectivity index (χ4v) is 2.10. The van der Waals surface area contributed by atoms with Crippen molar-refractivity contribution in [2.24, 2.45) is 0 Å². The first kappa shape index (κ1) is 9.99. The van der Waals surface area contributed by atoms with Crippen LogP contribution in [0.25, 0.3) is 0 Å². The maximum absolute atomic E-state index is 11.6. The molecule has 1 aliphatic heterocycles. The first-order chi connectivity index (χ1) is 6.68. The Morgan fingerprint density at radius 2 is 2.00 bits per heavy atom. The molecule has 1 aliphatic rings. The van der Waals surface area contributed by atoms with Crippen molar-refractivity contribution in [3.63, 3.8) is 0 Å². The number of carbonyl (C=O) groups is 1. The van der Waals surface area contributed by atoms with Gasteiger partial charge in [0.15, 0.2) is 0 Å². The average molecular weight is 275 g/mol. The van der Waals surface area contributed by atoms with Gasteiger partial charge in [-0.15, -0.1) is 0 Å². The summed E-state index contributed by atoms with van der Waals surface area (Å²) in [4.78, 5) is 13.4. The van der Waals surface area contributed by atoms with Crippen LogP contribution < -0.4 is 4.90 Å². The van der Waals surface area contributed by atoms with Gasteiger partial charge >= 0.3 is 0 Å². The van der Waals surface area contributed by atoms with Gasteiger partial charge < -0.3 is 4.90 Å². The summed E-state index contributed by atoms with van der Waals surface area (Å²) in [6, 6.07) is 7.33. The molecule has 2 nitrogen and oxygen atoms in total. The molecule has 2 rings (SSSR count). The molecule has 1 aromatic rings. The second-order valence-corrected chi connectivity index (χ2v) is 4.76. The van der Waals surface area contributed by atoms with Gasteiger partial charge in [-0.25, -0.2) is 0 Å². The van der Waals surface area contributed by atoms with Gasteiger partial charge in [-0.3, -0.25) is 4.79 Å². The molecule has 0 bridgehead atoms. The first-order valence-electron chi connectivity index (χ1n) is 4.39. The Morgan fingerprint density at radius 3 is 2.50 bits per heavy atom. The molecule has 1 heterocycles. The molecule has 0 aliphatic carbocycles. The molecule has 1 atom stereocenters. The summed E-state index contributed by atoms with van der Waals surface area (Å²) in [5.74, 6) is 0.132. The Labute approximate surface area is 96.0 Å². The lowest BCUT2D eigenvalue weighted by Gasteiger charge is -2.15. The van der Waals surface area contributed by atoms with E-state index in [2.05, 4.69) is 15.9 Å². The smallest absolute Gasteiger partial charge is 0.240 e. The zero-order valence-corrected chi connectivity index (χ0v) is 9.75. The van der Waals surface area contributed by atoms with Crippen molar-refractivity contribution in [1.82, 2.24) is 0 Å². The fourth-order valence-electron chi connectivity index (χ4n) is 1.52. The van der Waals surface area contributed by atoms with Gasteiger partial charge in [0.2, 0.25) is 5.91 Å². The van der Waals surface area contributed by atoms with Crippen LogP contribution in [-0.2, 0) is 4.79 Å². The van der Waals surface area contributed by atoms with Crippen molar-refractivity contribution in [3.8, 4) is 0 Å². The number of benzene rings is 1. The lowest BCUT2D eigenvalue weighted by molar-refractivity contribution is -0.116. The highest BCUT2D eigenvalue weighted by Crippen LogP contribution is 2.26. The SMILES string of the molecule is O=C1[C@H](Br)CCN1c1ccc(Cl)cc1. The summed E-state index contributed by atoms with van der Waals surface area (Å²) in [6.45, 7) is 0.774. The summed E-state index contributed by atoms with van der Waals surface area (Å²) in [6.07, 6.45) is 0.863. The van der Waals surface area contributed by atoms with Crippen molar-refractivity contribution < 1.29 is 4.79 Å². The van der Waals surface area contributed by atoms with Crippen LogP contribution in [0.15, 0.2) is 24.3 Å². The standard InChI is InChI=1S/C10H9BrClNO/c11-9-5-6-13(10(9)14)8-3-1-7(12)2-4-8/h1-4,9H,5-6H2/t9-/m1/s1. The van der Waals surface area contributed by atoms with E-state index in [1.807, 2.05) is 12.1 Å². The summed E-state index contributed by atoms with van der Waals surface area (Å²) in [5.41, 5.74) is 0.918. The molecule has 4 heteroatoms. The van der Waals surface area contributed by atoms with Crippen LogP contribution >= 0.6 is 27.5 Å². The van der Waals surface area contributed by atoms with Crippen LogP contribution in [0.4, 0.5) is 5.69 Å². The Morgan fingerprint density at radius 1 is 1.36 bits per heavy atom. The minimum Gasteiger partial charge on any atom is -0.311 e. The van der Waals surface area contributed by atoms with Gasteiger partial charge in [0, 0.05) is 17.3 Å². The van der Waals surface area contributed by atoms with Crippen molar-refractivity contribution in [1.29, 1.82) is 0 Å². The van der Waals surface area contributed by atoms with Crippen LogP contribution in [0.1, 0.15) is 6.42 Å². The van der Waals surface area contributed by atoms with Crippen molar-refractivity contribution in [3.05, 3.63) is 29.3 Å². The fraction of sp³-hybridized carbons (Fsp3) is 0.300. The topological polar surface area (TPSA) is 20.3 Å². The second-order valence-electron chi connectivity index (χ2n) is 3.22. The molecule has 1 aromatic carbocycles. The number of alkyl halides is 1. The molecule has 1 fully saturated rings. The predicted molar refractivity (Wildman–Crippen MR) is 61.1 cm³/mol. The highest BCUT2D eigenvalue weighted by atomic mass is 79.9. The van der Waals surface area contributed by atoms with E-state index in [0.717, 1.165) is 18.7 Å². The third-order valence-corrected chi connectivity index (χ3v) is 3.38. The predicted octanol–water partition coefficient (Wildman–Crippen LogP) is 2.84. The van der Waals surface area contributed by atoms with E-state index in [-0.39, 0.29) is 10.7 Å². The average Bonchev–Trinajstić information content (AvgIpc) is 2.50. The van der Waals surface area contributed by atoms with E-state index in [1.165, 1.54) is 0 Å². The quantitative estimate of drug-likeness (QED) is 0.721. The minimum atomic E-state index is -0.0295. The van der Waals surface area contributed by atoms with Gasteiger partial charge in [0.05, 0.1) is 4.83 Å². The molecule has 14 heavy (non-hydrogen) atoms. The maximum atomic E-state index is 11.6. The third-order valence-electron chi connectivity index (χ3n) is 2.28. The van der Waals surface area contributed by atoms with E-state index in [1.54, 1.807) is 17.0 Å². The van der Waals surface area contributed by atoms with Gasteiger partial charge in [-0.05, 0) is 30.7 Å². The molecule has 74 valence electrons. The normalized spacial score (nSPS) is 21.7. The molecule has 1 saturated heterocycles. The summed E-state index contributed by atoms with van der Waals surface area (Å²) in [5, 5.41) is 0.691. The number of anilines is 1. The number of rotatable bonds is 1. The number of carbonyl (C=O) groups excluding carboxylic acids is 1. The van der Waals surface area contributed by atoms with E-state index in [4.69, 9.17) is 11.6 Å². The molecule has 1 amide bonds. The lowest BCUT2D eigenvalue weighted by Crippen LogP contribution is -2.26. The van der Waals surface area contributed by atoms with E-state index < -0.39 is 0 Å². The van der Waals surface area contributed by atoms with Gasteiger partial charge in [-0.2, -0.15) is 0 Å². The number of nitrogens with zero attached hydrogens (tertiary/aromatic N) is 1. The van der Waals surface area contributed by atoms with Gasteiger partial charge in [-0.1, -0.05) is 27.5 Å². The Hall–Kier alpha value is -0.540. The van der Waals surface area contributed by atoms with Crippen molar-refractivity contribution in [2.75, 3.05) is 11.4 Å². The van der Waals surface area contributed by atoms with Gasteiger partial charge in [0.25, 0.3) is 0 Å². The van der Waals surface area contributed by atoms with Crippen LogP contribution in [0.5, 0.6) is 0 Å². The first-order valence-corrected chi connectivity index (χ1v) is 5.69. The van der Waals surface area contributed by atoms with Crippen molar-refractivity contribution >= 4 is 39.1 Å². The van der Waals surface area contributed by atoms with E-state index >= 15 is 0 Å². The van der Waals surface area contributed by atoms with E-state index in [0.29, 0.717) is 5.02 Å². The summed E-state index contributed by atoms with van der Waals surface area (Å²) >= 11 is 9.11. The Bertz CT molecular complexity index is 352. The second kappa shape index (κ2) is 3.91. The summed E-state index contributed by atoms with van der Waals surface area (Å²) in [7, 11) is 0. The molecular weight excluding hydrogens is 265 g/mol. The molecule has 0 aromatic heterocycles. The maximum Gasteiger partial charge on any atom is 0.240 e. The highest BCUT2D eigenvalue weighted by molar-refractivity contribution is 9.10. The van der Waals surface area contributed by atoms with Crippen LogP contribution in [0.2, 0.25) is 5.02 Å². The Balaban J connectivity index is 2.24. The van der Waals surface area contributed by atoms with Crippen molar-refractivity contribution in [2.45, 2.75) is 11.2 Å². The molecule has 0 unspecified atom stereocenters. The zero-order chi connectivity index (χ0) is 10.1. The molecule has 0 N–H and O–H groups in total. The minimum absolute atomic E-state index is 0.0295. The molecule has 0 saturated carbocycles. The number of hydrogen-bond donors (Lipinski definition) is 0. The zero-order valence-electron chi connectivity index (χ0n) is 7.41. The molecular formula is C10H9BrClNO. The van der Waals surface area contributed by atoms with Crippen LogP contribution in [-0.4, -0.2) is 17.3 Å². The number of hydrogen-bond acceptors (Lipinski definition) is 1. The van der Waals surface area contributed by atoms with Gasteiger partial charge in [0.1, 0.15) is 0 Å². The van der Waals surface area contributed by atoms with E-state index in [9.17, 15) is 4.79 Å². The van der Waals surface area contributed by atoms with Crippen LogP contribution in [0, 0.1) is 0 Å². The number of amides is 1. The Kier molecular flexibility index (Phi) is 2.79.